The van der Waals surface area contributed by atoms with Crippen molar-refractivity contribution in [2.45, 2.75) is 0 Å². The SMILES string of the molecule is c1ccc(-c2cc3ccccc3oc2=Nc2ccc3c(c2)OCO3)cc1. The maximum Gasteiger partial charge on any atom is 0.231 e. The van der Waals surface area contributed by atoms with Gasteiger partial charge >= 0.3 is 0 Å². The van der Waals surface area contributed by atoms with Crippen LogP contribution in [0.15, 0.2) is 88.3 Å². The van der Waals surface area contributed by atoms with Gasteiger partial charge in [0.15, 0.2) is 11.5 Å². The topological polar surface area (TPSA) is 44.0 Å². The zero-order valence-corrected chi connectivity index (χ0v) is 13.9. The van der Waals surface area contributed by atoms with Crippen molar-refractivity contribution in [3.8, 4) is 22.6 Å². The maximum absolute atomic E-state index is 6.13. The second-order valence-corrected chi connectivity index (χ2v) is 6.02. The van der Waals surface area contributed by atoms with Gasteiger partial charge in [0.05, 0.1) is 5.69 Å². The fourth-order valence-corrected chi connectivity index (χ4v) is 3.05. The van der Waals surface area contributed by atoms with Crippen molar-refractivity contribution < 1.29 is 13.9 Å². The Hall–Kier alpha value is -3.53. The van der Waals surface area contributed by atoms with Gasteiger partial charge < -0.3 is 13.9 Å². The lowest BCUT2D eigenvalue weighted by Gasteiger charge is -2.05. The smallest absolute Gasteiger partial charge is 0.231 e. The standard InChI is InChI=1S/C22H15NO3/c1-2-6-15(7-3-1)18-12-16-8-4-5-9-19(16)26-22(18)23-17-10-11-20-21(13-17)25-14-24-20/h1-13H,14H2. The molecule has 1 aliphatic rings. The summed E-state index contributed by atoms with van der Waals surface area (Å²) < 4.78 is 16.9. The molecule has 0 radical (unpaired) electrons. The lowest BCUT2D eigenvalue weighted by Crippen LogP contribution is -2.05. The molecular formula is C22H15NO3. The van der Waals surface area contributed by atoms with Crippen molar-refractivity contribution >= 4 is 16.7 Å². The predicted octanol–water partition coefficient (Wildman–Crippen LogP) is 5.06. The summed E-state index contributed by atoms with van der Waals surface area (Å²) in [5.74, 6) is 1.44. The Kier molecular flexibility index (Phi) is 3.46. The Morgan fingerprint density at radius 3 is 2.46 bits per heavy atom. The highest BCUT2D eigenvalue weighted by atomic mass is 16.7. The second-order valence-electron chi connectivity index (χ2n) is 6.02. The molecule has 0 bridgehead atoms. The van der Waals surface area contributed by atoms with E-state index >= 15 is 0 Å². The first kappa shape index (κ1) is 14.8. The summed E-state index contributed by atoms with van der Waals surface area (Å²) in [6, 6.07) is 25.8. The largest absolute Gasteiger partial charge is 0.454 e. The quantitative estimate of drug-likeness (QED) is 0.512. The third-order valence-corrected chi connectivity index (χ3v) is 4.33. The van der Waals surface area contributed by atoms with Gasteiger partial charge in [0.25, 0.3) is 0 Å². The molecule has 0 saturated carbocycles. The van der Waals surface area contributed by atoms with E-state index < -0.39 is 0 Å². The molecule has 4 heteroatoms. The average Bonchev–Trinajstić information content (AvgIpc) is 3.16. The third kappa shape index (κ3) is 2.62. The molecule has 26 heavy (non-hydrogen) atoms. The van der Waals surface area contributed by atoms with Gasteiger partial charge in [-0.05, 0) is 29.8 Å². The first-order chi connectivity index (χ1) is 12.9. The molecule has 4 aromatic rings. The third-order valence-electron chi connectivity index (χ3n) is 4.33. The first-order valence-corrected chi connectivity index (χ1v) is 8.39. The number of para-hydroxylation sites is 1. The van der Waals surface area contributed by atoms with E-state index in [2.05, 4.69) is 18.2 Å². The monoisotopic (exact) mass is 341 g/mol. The highest BCUT2D eigenvalue weighted by molar-refractivity contribution is 5.81. The van der Waals surface area contributed by atoms with Gasteiger partial charge in [0.1, 0.15) is 5.58 Å². The number of hydrogen-bond donors (Lipinski definition) is 0. The van der Waals surface area contributed by atoms with E-state index in [1.54, 1.807) is 0 Å². The molecule has 0 fully saturated rings. The molecule has 0 aliphatic carbocycles. The van der Waals surface area contributed by atoms with Crippen LogP contribution in [0.5, 0.6) is 11.5 Å². The van der Waals surface area contributed by atoms with Crippen molar-refractivity contribution in [1.29, 1.82) is 0 Å². The van der Waals surface area contributed by atoms with Crippen LogP contribution in [0.3, 0.4) is 0 Å². The van der Waals surface area contributed by atoms with Crippen molar-refractivity contribution in [3.05, 3.63) is 84.4 Å². The molecule has 0 saturated heterocycles. The van der Waals surface area contributed by atoms with E-state index in [0.717, 1.165) is 33.5 Å². The molecule has 1 aromatic heterocycles. The summed E-state index contributed by atoms with van der Waals surface area (Å²) in [7, 11) is 0. The minimum Gasteiger partial charge on any atom is -0.454 e. The average molecular weight is 341 g/mol. The van der Waals surface area contributed by atoms with Crippen LogP contribution in [0, 0.1) is 0 Å². The van der Waals surface area contributed by atoms with Crippen LogP contribution >= 0.6 is 0 Å². The lowest BCUT2D eigenvalue weighted by atomic mass is 10.1. The minimum atomic E-state index is 0.244. The molecule has 0 atom stereocenters. The number of nitrogens with zero attached hydrogens (tertiary/aromatic N) is 1. The number of rotatable bonds is 2. The summed E-state index contributed by atoms with van der Waals surface area (Å²) in [4.78, 5) is 4.74. The fourth-order valence-electron chi connectivity index (χ4n) is 3.05. The molecule has 1 aliphatic heterocycles. The molecule has 0 N–H and O–H groups in total. The van der Waals surface area contributed by atoms with Gasteiger partial charge in [0, 0.05) is 17.0 Å². The Morgan fingerprint density at radius 1 is 0.731 bits per heavy atom. The molecule has 3 aromatic carbocycles. The summed E-state index contributed by atoms with van der Waals surface area (Å²) in [6.45, 7) is 0.244. The number of hydrogen-bond acceptors (Lipinski definition) is 4. The highest BCUT2D eigenvalue weighted by Gasteiger charge is 2.13. The van der Waals surface area contributed by atoms with Gasteiger partial charge in [0.2, 0.25) is 12.3 Å². The van der Waals surface area contributed by atoms with Gasteiger partial charge in [-0.25, -0.2) is 4.99 Å². The van der Waals surface area contributed by atoms with E-state index in [0.29, 0.717) is 11.3 Å². The molecule has 0 unspecified atom stereocenters. The number of benzene rings is 3. The molecular weight excluding hydrogens is 326 g/mol. The second kappa shape index (κ2) is 6.08. The van der Waals surface area contributed by atoms with Crippen LogP contribution < -0.4 is 15.0 Å². The van der Waals surface area contributed by atoms with Gasteiger partial charge in [-0.3, -0.25) is 0 Å². The molecule has 0 spiro atoms. The van der Waals surface area contributed by atoms with Gasteiger partial charge in [-0.2, -0.15) is 0 Å². The Morgan fingerprint density at radius 2 is 1.54 bits per heavy atom. The Balaban J connectivity index is 1.75. The first-order valence-electron chi connectivity index (χ1n) is 8.39. The van der Waals surface area contributed by atoms with Gasteiger partial charge in [-0.1, -0.05) is 48.5 Å². The van der Waals surface area contributed by atoms with Crippen LogP contribution in [-0.2, 0) is 0 Å². The van der Waals surface area contributed by atoms with E-state index in [-0.39, 0.29) is 6.79 Å². The lowest BCUT2D eigenvalue weighted by molar-refractivity contribution is 0.174. The molecule has 2 heterocycles. The van der Waals surface area contributed by atoms with Crippen LogP contribution in [0.1, 0.15) is 0 Å². The zero-order valence-electron chi connectivity index (χ0n) is 13.9. The van der Waals surface area contributed by atoms with E-state index in [1.165, 1.54) is 0 Å². The molecule has 0 amide bonds. The van der Waals surface area contributed by atoms with Crippen molar-refractivity contribution in [1.82, 2.24) is 0 Å². The minimum absolute atomic E-state index is 0.244. The predicted molar refractivity (Wildman–Crippen MR) is 99.4 cm³/mol. The van der Waals surface area contributed by atoms with Crippen molar-refractivity contribution in [2.24, 2.45) is 4.99 Å². The van der Waals surface area contributed by atoms with Crippen molar-refractivity contribution in [3.63, 3.8) is 0 Å². The molecule has 4 nitrogen and oxygen atoms in total. The Bertz CT molecular complexity index is 1160. The zero-order chi connectivity index (χ0) is 17.3. The van der Waals surface area contributed by atoms with Crippen LogP contribution in [0.2, 0.25) is 0 Å². The van der Waals surface area contributed by atoms with Crippen LogP contribution in [-0.4, -0.2) is 6.79 Å². The normalized spacial score (nSPS) is 13.3. The van der Waals surface area contributed by atoms with Gasteiger partial charge in [-0.15, -0.1) is 0 Å². The Labute approximate surface area is 150 Å². The summed E-state index contributed by atoms with van der Waals surface area (Å²) in [6.07, 6.45) is 0. The fraction of sp³-hybridized carbons (Fsp3) is 0.0455. The van der Waals surface area contributed by atoms with Crippen molar-refractivity contribution in [2.75, 3.05) is 6.79 Å². The molecule has 5 rings (SSSR count). The van der Waals surface area contributed by atoms with E-state index in [1.807, 2.05) is 60.7 Å². The maximum atomic E-state index is 6.13. The number of fused-ring (bicyclic) bond motifs is 2. The summed E-state index contributed by atoms with van der Waals surface area (Å²) in [5.41, 5.74) is 4.12. The summed E-state index contributed by atoms with van der Waals surface area (Å²) >= 11 is 0. The molecule has 126 valence electrons. The highest BCUT2D eigenvalue weighted by Crippen LogP contribution is 2.35. The van der Waals surface area contributed by atoms with E-state index in [9.17, 15) is 0 Å². The van der Waals surface area contributed by atoms with E-state index in [4.69, 9.17) is 18.9 Å². The number of ether oxygens (including phenoxy) is 2. The summed E-state index contributed by atoms with van der Waals surface area (Å²) in [5, 5.41) is 1.04. The van der Waals surface area contributed by atoms with Crippen LogP contribution in [0.4, 0.5) is 5.69 Å². The van der Waals surface area contributed by atoms with Crippen LogP contribution in [0.25, 0.3) is 22.1 Å².